The zero-order chi connectivity index (χ0) is 9.84. The van der Waals surface area contributed by atoms with Crippen molar-refractivity contribution in [2.45, 2.75) is 26.1 Å². The summed E-state index contributed by atoms with van der Waals surface area (Å²) in [5.41, 5.74) is 6.60. The van der Waals surface area contributed by atoms with Gasteiger partial charge in [0.05, 0.1) is 12.2 Å². The van der Waals surface area contributed by atoms with E-state index in [2.05, 4.69) is 25.3 Å². The van der Waals surface area contributed by atoms with E-state index in [0.29, 0.717) is 18.8 Å². The molecule has 1 saturated heterocycles. The fourth-order valence-corrected chi connectivity index (χ4v) is 1.79. The maximum absolute atomic E-state index is 5.63. The largest absolute Gasteiger partial charge is 0.373 e. The Kier molecular flexibility index (Phi) is 3.90. The fourth-order valence-electron chi connectivity index (χ4n) is 1.79. The van der Waals surface area contributed by atoms with Crippen LogP contribution in [0.25, 0.3) is 0 Å². The molecule has 0 aromatic rings. The summed E-state index contributed by atoms with van der Waals surface area (Å²) in [6.07, 6.45) is 0.656. The van der Waals surface area contributed by atoms with Crippen molar-refractivity contribution in [2.75, 3.05) is 26.2 Å². The molecule has 1 heterocycles. The molecular weight excluding hydrogens is 164 g/mol. The highest BCUT2D eigenvalue weighted by molar-refractivity contribution is 4.99. The van der Waals surface area contributed by atoms with Gasteiger partial charge in [0, 0.05) is 26.2 Å². The highest BCUT2D eigenvalue weighted by atomic mass is 16.5. The van der Waals surface area contributed by atoms with Crippen molar-refractivity contribution in [3.8, 4) is 0 Å². The van der Waals surface area contributed by atoms with Gasteiger partial charge in [0.15, 0.2) is 0 Å². The quantitative estimate of drug-likeness (QED) is 0.653. The second kappa shape index (κ2) is 4.74. The van der Waals surface area contributed by atoms with Crippen LogP contribution in [0.2, 0.25) is 0 Å². The number of rotatable bonds is 3. The standard InChI is InChI=1S/C10H20N2O/c1-8(4-11)5-12-6-9(2)13-10(3)7-12/h9-10H,1,4-7,11H2,2-3H3/t9-,10+. The molecule has 0 aromatic carbocycles. The van der Waals surface area contributed by atoms with Gasteiger partial charge < -0.3 is 10.5 Å². The van der Waals surface area contributed by atoms with E-state index in [1.165, 1.54) is 0 Å². The molecule has 0 spiro atoms. The molecule has 0 amide bonds. The van der Waals surface area contributed by atoms with Crippen LogP contribution in [0.5, 0.6) is 0 Å². The van der Waals surface area contributed by atoms with Gasteiger partial charge >= 0.3 is 0 Å². The molecule has 0 aromatic heterocycles. The van der Waals surface area contributed by atoms with Crippen molar-refractivity contribution in [3.05, 3.63) is 12.2 Å². The molecular formula is C10H20N2O. The van der Waals surface area contributed by atoms with Crippen LogP contribution in [0.15, 0.2) is 12.2 Å². The third-order valence-corrected chi connectivity index (χ3v) is 2.23. The third kappa shape index (κ3) is 3.46. The predicted molar refractivity (Wildman–Crippen MR) is 54.6 cm³/mol. The Balaban J connectivity index is 2.37. The number of nitrogens with two attached hydrogens (primary N) is 1. The van der Waals surface area contributed by atoms with Gasteiger partial charge in [-0.2, -0.15) is 0 Å². The maximum atomic E-state index is 5.63. The van der Waals surface area contributed by atoms with Gasteiger partial charge in [0.2, 0.25) is 0 Å². The summed E-state index contributed by atoms with van der Waals surface area (Å²) < 4.78 is 5.63. The van der Waals surface area contributed by atoms with Crippen molar-refractivity contribution >= 4 is 0 Å². The van der Waals surface area contributed by atoms with Crippen molar-refractivity contribution in [3.63, 3.8) is 0 Å². The SMILES string of the molecule is C=C(CN)CN1C[C@@H](C)O[C@@H](C)C1. The van der Waals surface area contributed by atoms with E-state index in [9.17, 15) is 0 Å². The monoisotopic (exact) mass is 184 g/mol. The molecule has 13 heavy (non-hydrogen) atoms. The molecule has 0 unspecified atom stereocenters. The van der Waals surface area contributed by atoms with E-state index in [1.54, 1.807) is 0 Å². The van der Waals surface area contributed by atoms with Crippen molar-refractivity contribution in [1.29, 1.82) is 0 Å². The summed E-state index contributed by atoms with van der Waals surface area (Å²) in [5.74, 6) is 0. The summed E-state index contributed by atoms with van der Waals surface area (Å²) in [4.78, 5) is 2.36. The van der Waals surface area contributed by atoms with Crippen LogP contribution in [-0.4, -0.2) is 43.3 Å². The summed E-state index contributed by atoms with van der Waals surface area (Å²) in [6, 6.07) is 0. The average molecular weight is 184 g/mol. The van der Waals surface area contributed by atoms with Gasteiger partial charge in [-0.25, -0.2) is 0 Å². The molecule has 2 N–H and O–H groups in total. The minimum absolute atomic E-state index is 0.328. The van der Waals surface area contributed by atoms with Crippen LogP contribution in [0.1, 0.15) is 13.8 Å². The third-order valence-electron chi connectivity index (χ3n) is 2.23. The Labute approximate surface area is 80.5 Å². The second-order valence-corrected chi connectivity index (χ2v) is 3.91. The van der Waals surface area contributed by atoms with Crippen LogP contribution >= 0.6 is 0 Å². The van der Waals surface area contributed by atoms with Crippen molar-refractivity contribution < 1.29 is 4.74 Å². The molecule has 0 radical (unpaired) electrons. The Bertz CT molecular complexity index is 172. The van der Waals surface area contributed by atoms with Crippen LogP contribution in [-0.2, 0) is 4.74 Å². The first-order valence-corrected chi connectivity index (χ1v) is 4.86. The fraction of sp³-hybridized carbons (Fsp3) is 0.800. The van der Waals surface area contributed by atoms with Crippen LogP contribution in [0.3, 0.4) is 0 Å². The van der Waals surface area contributed by atoms with Gasteiger partial charge in [-0.15, -0.1) is 0 Å². The van der Waals surface area contributed by atoms with E-state index in [0.717, 1.165) is 25.2 Å². The first kappa shape index (κ1) is 10.7. The Hall–Kier alpha value is -0.380. The number of nitrogens with zero attached hydrogens (tertiary/aromatic N) is 1. The van der Waals surface area contributed by atoms with Gasteiger partial charge in [-0.1, -0.05) is 6.58 Å². The second-order valence-electron chi connectivity index (χ2n) is 3.91. The summed E-state index contributed by atoms with van der Waals surface area (Å²) >= 11 is 0. The Morgan fingerprint density at radius 2 is 2.00 bits per heavy atom. The zero-order valence-electron chi connectivity index (χ0n) is 8.62. The summed E-state index contributed by atoms with van der Waals surface area (Å²) in [7, 11) is 0. The van der Waals surface area contributed by atoms with Gasteiger partial charge in [-0.05, 0) is 19.4 Å². The lowest BCUT2D eigenvalue weighted by molar-refractivity contribution is -0.0653. The average Bonchev–Trinajstić information content (AvgIpc) is 2.02. The van der Waals surface area contributed by atoms with Crippen molar-refractivity contribution in [2.24, 2.45) is 5.73 Å². The van der Waals surface area contributed by atoms with Crippen LogP contribution in [0, 0.1) is 0 Å². The molecule has 1 aliphatic heterocycles. The van der Waals surface area contributed by atoms with Crippen molar-refractivity contribution in [1.82, 2.24) is 4.90 Å². The number of hydrogen-bond acceptors (Lipinski definition) is 3. The Morgan fingerprint density at radius 1 is 1.46 bits per heavy atom. The molecule has 0 aliphatic carbocycles. The molecule has 3 nitrogen and oxygen atoms in total. The Morgan fingerprint density at radius 3 is 2.46 bits per heavy atom. The van der Waals surface area contributed by atoms with E-state index in [-0.39, 0.29) is 0 Å². The lowest BCUT2D eigenvalue weighted by atomic mass is 10.2. The minimum atomic E-state index is 0.328. The van der Waals surface area contributed by atoms with Gasteiger partial charge in [0.1, 0.15) is 0 Å². The molecule has 1 fully saturated rings. The predicted octanol–water partition coefficient (Wildman–Crippen LogP) is 0.611. The number of hydrogen-bond donors (Lipinski definition) is 1. The molecule has 1 rings (SSSR count). The number of ether oxygens (including phenoxy) is 1. The van der Waals surface area contributed by atoms with Gasteiger partial charge in [0.25, 0.3) is 0 Å². The van der Waals surface area contributed by atoms with E-state index in [4.69, 9.17) is 10.5 Å². The molecule has 2 atom stereocenters. The van der Waals surface area contributed by atoms with Gasteiger partial charge in [-0.3, -0.25) is 4.90 Å². The lowest BCUT2D eigenvalue weighted by Gasteiger charge is -2.35. The summed E-state index contributed by atoms with van der Waals surface area (Å²) in [6.45, 7) is 11.6. The van der Waals surface area contributed by atoms with E-state index >= 15 is 0 Å². The number of morpholine rings is 1. The van der Waals surface area contributed by atoms with Crippen LogP contribution < -0.4 is 5.73 Å². The first-order valence-electron chi connectivity index (χ1n) is 4.86. The van der Waals surface area contributed by atoms with E-state index in [1.807, 2.05) is 0 Å². The lowest BCUT2D eigenvalue weighted by Crippen LogP contribution is -2.46. The highest BCUT2D eigenvalue weighted by Gasteiger charge is 2.21. The maximum Gasteiger partial charge on any atom is 0.0678 e. The normalized spacial score (nSPS) is 30.4. The topological polar surface area (TPSA) is 38.5 Å². The van der Waals surface area contributed by atoms with Crippen LogP contribution in [0.4, 0.5) is 0 Å². The minimum Gasteiger partial charge on any atom is -0.373 e. The first-order chi connectivity index (χ1) is 6.11. The molecule has 0 bridgehead atoms. The zero-order valence-corrected chi connectivity index (χ0v) is 8.62. The van der Waals surface area contributed by atoms with E-state index < -0.39 is 0 Å². The molecule has 76 valence electrons. The molecule has 0 saturated carbocycles. The highest BCUT2D eigenvalue weighted by Crippen LogP contribution is 2.11. The smallest absolute Gasteiger partial charge is 0.0678 e. The molecule has 3 heteroatoms. The molecule has 1 aliphatic rings. The summed E-state index contributed by atoms with van der Waals surface area (Å²) in [5, 5.41) is 0.